The van der Waals surface area contributed by atoms with Gasteiger partial charge in [0.25, 0.3) is 5.91 Å². The second-order valence-electron chi connectivity index (χ2n) is 6.29. The van der Waals surface area contributed by atoms with Crippen LogP contribution in [0.25, 0.3) is 5.65 Å². The fourth-order valence-corrected chi connectivity index (χ4v) is 3.53. The molecule has 4 rings (SSSR count). The van der Waals surface area contributed by atoms with Crippen LogP contribution in [0.5, 0.6) is 5.88 Å². The van der Waals surface area contributed by atoms with Crippen LogP contribution >= 0.6 is 0 Å². The summed E-state index contributed by atoms with van der Waals surface area (Å²) in [4.78, 5) is 22.8. The van der Waals surface area contributed by atoms with Gasteiger partial charge >= 0.3 is 0 Å². The van der Waals surface area contributed by atoms with Gasteiger partial charge in [-0.15, -0.1) is 0 Å². The Balaban J connectivity index is 1.76. The van der Waals surface area contributed by atoms with Gasteiger partial charge in [0.1, 0.15) is 17.2 Å². The number of hydrogen-bond donors (Lipinski definition) is 1. The van der Waals surface area contributed by atoms with Crippen LogP contribution in [0.15, 0.2) is 30.7 Å². The van der Waals surface area contributed by atoms with Gasteiger partial charge in [0.15, 0.2) is 5.65 Å². The van der Waals surface area contributed by atoms with Crippen LogP contribution in [0.2, 0.25) is 0 Å². The fourth-order valence-electron chi connectivity index (χ4n) is 3.53. The lowest BCUT2D eigenvalue weighted by Crippen LogP contribution is -2.25. The molecular weight excluding hydrogens is 351 g/mol. The predicted octanol–water partition coefficient (Wildman–Crippen LogP) is 1.97. The van der Waals surface area contributed by atoms with E-state index >= 15 is 0 Å². The summed E-state index contributed by atoms with van der Waals surface area (Å²) in [5, 5.41) is 6.76. The van der Waals surface area contributed by atoms with Crippen molar-refractivity contribution in [3.05, 3.63) is 47.7 Å². The fraction of sp³-hybridized carbons (Fsp3) is 0.333. The van der Waals surface area contributed by atoms with Crippen molar-refractivity contribution >= 4 is 17.4 Å². The number of nitrogens with one attached hydrogen (secondary N) is 1. The van der Waals surface area contributed by atoms with Gasteiger partial charge in [0.2, 0.25) is 5.88 Å². The Morgan fingerprint density at radius 1 is 1.41 bits per heavy atom. The summed E-state index contributed by atoms with van der Waals surface area (Å²) in [5.74, 6) is 0.453. The van der Waals surface area contributed by atoms with E-state index in [4.69, 9.17) is 4.74 Å². The lowest BCUT2D eigenvalue weighted by molar-refractivity contribution is 0.0964. The zero-order valence-electron chi connectivity index (χ0n) is 15.0. The number of nitrogens with zero attached hydrogens (tertiary/aromatic N) is 5. The summed E-state index contributed by atoms with van der Waals surface area (Å²) < 4.78 is 20.7. The van der Waals surface area contributed by atoms with Gasteiger partial charge in [-0.2, -0.15) is 5.10 Å². The number of carbonyl (C=O) groups excluding carboxylic acids is 1. The van der Waals surface area contributed by atoms with E-state index in [0.29, 0.717) is 28.5 Å². The molecule has 8 nitrogen and oxygen atoms in total. The number of aromatic nitrogens is 4. The zero-order chi connectivity index (χ0) is 19.0. The SMILES string of the molecule is CNC(=O)c1cnn2ccc(N3CCC[C@H]3c3cc(F)cnc3OC)nc12. The standard InChI is InChI=1S/C18H19FN6O2/c1-20-17(26)13-10-22-25-7-5-15(23-16(13)25)24-6-3-4-14(24)12-8-11(19)9-21-18(12)27-2/h5,7-10,14H,3-4,6H2,1-2H3,(H,20,26)/t14-/m0/s1. The second-order valence-corrected chi connectivity index (χ2v) is 6.29. The van der Waals surface area contributed by atoms with Gasteiger partial charge in [-0.05, 0) is 25.0 Å². The number of rotatable bonds is 4. The topological polar surface area (TPSA) is 84.7 Å². The van der Waals surface area contributed by atoms with Gasteiger partial charge in [0.05, 0.1) is 25.5 Å². The predicted molar refractivity (Wildman–Crippen MR) is 96.4 cm³/mol. The molecule has 140 valence electrons. The minimum atomic E-state index is -0.404. The molecule has 0 bridgehead atoms. The third kappa shape index (κ3) is 2.94. The van der Waals surface area contributed by atoms with E-state index in [9.17, 15) is 9.18 Å². The minimum Gasteiger partial charge on any atom is -0.481 e. The van der Waals surface area contributed by atoms with Crippen LogP contribution in [0, 0.1) is 5.82 Å². The Kier molecular flexibility index (Phi) is 4.35. The minimum absolute atomic E-state index is 0.107. The molecule has 1 amide bonds. The van der Waals surface area contributed by atoms with Crippen LogP contribution < -0.4 is 15.0 Å². The highest BCUT2D eigenvalue weighted by atomic mass is 19.1. The van der Waals surface area contributed by atoms with Crippen molar-refractivity contribution in [3.8, 4) is 5.88 Å². The molecule has 0 unspecified atom stereocenters. The molecular formula is C18H19FN6O2. The molecule has 1 aliphatic rings. The molecule has 9 heteroatoms. The summed E-state index contributed by atoms with van der Waals surface area (Å²) in [5.41, 5.74) is 1.57. The smallest absolute Gasteiger partial charge is 0.256 e. The maximum absolute atomic E-state index is 13.8. The van der Waals surface area contributed by atoms with Crippen molar-refractivity contribution in [2.24, 2.45) is 0 Å². The molecule has 1 fully saturated rings. The van der Waals surface area contributed by atoms with Crippen LogP contribution in [0.4, 0.5) is 10.2 Å². The summed E-state index contributed by atoms with van der Waals surface area (Å²) in [7, 11) is 3.09. The first-order chi connectivity index (χ1) is 13.1. The van der Waals surface area contributed by atoms with Crippen LogP contribution in [-0.2, 0) is 0 Å². The highest BCUT2D eigenvalue weighted by Crippen LogP contribution is 2.38. The van der Waals surface area contributed by atoms with Crippen LogP contribution in [0.1, 0.15) is 34.8 Å². The Bertz CT molecular complexity index is 1000. The van der Waals surface area contributed by atoms with E-state index in [-0.39, 0.29) is 11.9 Å². The molecule has 1 N–H and O–H groups in total. The Hall–Kier alpha value is -3.23. The Labute approximate surface area is 155 Å². The van der Waals surface area contributed by atoms with Crippen molar-refractivity contribution in [3.63, 3.8) is 0 Å². The third-order valence-corrected chi connectivity index (χ3v) is 4.77. The molecule has 1 saturated heterocycles. The number of ether oxygens (including phenoxy) is 1. The van der Waals surface area contributed by atoms with Crippen LogP contribution in [-0.4, -0.2) is 46.2 Å². The van der Waals surface area contributed by atoms with Crippen LogP contribution in [0.3, 0.4) is 0 Å². The molecule has 3 aromatic heterocycles. The summed E-state index contributed by atoms with van der Waals surface area (Å²) in [6.45, 7) is 0.761. The van der Waals surface area contributed by atoms with E-state index in [1.807, 2.05) is 6.07 Å². The first kappa shape index (κ1) is 17.2. The van der Waals surface area contributed by atoms with Crippen molar-refractivity contribution in [2.45, 2.75) is 18.9 Å². The number of methoxy groups -OCH3 is 1. The monoisotopic (exact) mass is 370 g/mol. The molecule has 0 saturated carbocycles. The van der Waals surface area contributed by atoms with E-state index in [1.165, 1.54) is 19.4 Å². The summed E-state index contributed by atoms with van der Waals surface area (Å²) >= 11 is 0. The number of amides is 1. The van der Waals surface area contributed by atoms with Gasteiger partial charge < -0.3 is 15.0 Å². The molecule has 0 radical (unpaired) electrons. The van der Waals surface area contributed by atoms with Crippen molar-refractivity contribution in [2.75, 3.05) is 25.6 Å². The molecule has 0 spiro atoms. The lowest BCUT2D eigenvalue weighted by Gasteiger charge is -2.26. The highest BCUT2D eigenvalue weighted by Gasteiger charge is 2.31. The Morgan fingerprint density at radius 3 is 3.04 bits per heavy atom. The first-order valence-corrected chi connectivity index (χ1v) is 8.65. The quantitative estimate of drug-likeness (QED) is 0.756. The van der Waals surface area contributed by atoms with Gasteiger partial charge in [-0.1, -0.05) is 0 Å². The lowest BCUT2D eigenvalue weighted by atomic mass is 10.1. The van der Waals surface area contributed by atoms with Gasteiger partial charge in [-0.25, -0.2) is 18.9 Å². The number of carbonyl (C=O) groups is 1. The van der Waals surface area contributed by atoms with Crippen molar-refractivity contribution in [1.29, 1.82) is 0 Å². The Morgan fingerprint density at radius 2 is 2.26 bits per heavy atom. The summed E-state index contributed by atoms with van der Waals surface area (Å²) in [6, 6.07) is 3.19. The van der Waals surface area contributed by atoms with Crippen molar-refractivity contribution in [1.82, 2.24) is 24.9 Å². The molecule has 4 heterocycles. The van der Waals surface area contributed by atoms with E-state index in [1.54, 1.807) is 17.8 Å². The molecule has 0 aromatic carbocycles. The average molecular weight is 370 g/mol. The highest BCUT2D eigenvalue weighted by molar-refractivity contribution is 5.99. The number of pyridine rings is 1. The van der Waals surface area contributed by atoms with E-state index in [0.717, 1.165) is 25.6 Å². The third-order valence-electron chi connectivity index (χ3n) is 4.77. The van der Waals surface area contributed by atoms with E-state index in [2.05, 4.69) is 25.3 Å². The average Bonchev–Trinajstić information content (AvgIpc) is 3.33. The zero-order valence-corrected chi connectivity index (χ0v) is 15.0. The maximum atomic E-state index is 13.8. The van der Waals surface area contributed by atoms with Gasteiger partial charge in [0, 0.05) is 25.4 Å². The van der Waals surface area contributed by atoms with E-state index < -0.39 is 5.82 Å². The van der Waals surface area contributed by atoms with Crippen molar-refractivity contribution < 1.29 is 13.9 Å². The number of hydrogen-bond acceptors (Lipinski definition) is 6. The number of anilines is 1. The number of fused-ring (bicyclic) bond motifs is 1. The molecule has 3 aromatic rings. The normalized spacial score (nSPS) is 16.7. The first-order valence-electron chi connectivity index (χ1n) is 8.65. The maximum Gasteiger partial charge on any atom is 0.256 e. The number of halogens is 1. The second kappa shape index (κ2) is 6.82. The molecule has 1 atom stereocenters. The molecule has 27 heavy (non-hydrogen) atoms. The molecule has 1 aliphatic heterocycles. The largest absolute Gasteiger partial charge is 0.481 e. The van der Waals surface area contributed by atoms with Gasteiger partial charge in [-0.3, -0.25) is 4.79 Å². The summed E-state index contributed by atoms with van der Waals surface area (Å²) in [6.07, 6.45) is 6.16. The molecule has 0 aliphatic carbocycles.